The number of aliphatic hydroxyl groups is 1. The molecule has 0 spiro atoms. The Balaban J connectivity index is 1.94. The molecule has 5 heteroatoms. The summed E-state index contributed by atoms with van der Waals surface area (Å²) >= 11 is 0. The van der Waals surface area contributed by atoms with Gasteiger partial charge in [-0.2, -0.15) is 0 Å². The zero-order valence-corrected chi connectivity index (χ0v) is 11.2. The van der Waals surface area contributed by atoms with Crippen LogP contribution < -0.4 is 0 Å². The lowest BCUT2D eigenvalue weighted by Crippen LogP contribution is -2.45. The number of piperidine rings is 1. The van der Waals surface area contributed by atoms with Crippen molar-refractivity contribution in [1.82, 2.24) is 4.31 Å². The summed E-state index contributed by atoms with van der Waals surface area (Å²) in [6.07, 6.45) is 6.44. The predicted molar refractivity (Wildman–Crippen MR) is 67.1 cm³/mol. The number of aliphatic hydroxyl groups excluding tert-OH is 1. The normalized spacial score (nSPS) is 31.1. The summed E-state index contributed by atoms with van der Waals surface area (Å²) < 4.78 is 25.7. The smallest absolute Gasteiger partial charge is 0.214 e. The molecule has 100 valence electrons. The predicted octanol–water partition coefficient (Wildman–Crippen LogP) is 1.21. The zero-order valence-electron chi connectivity index (χ0n) is 10.3. The van der Waals surface area contributed by atoms with Crippen LogP contribution in [0.2, 0.25) is 0 Å². The Kier molecular flexibility index (Phi) is 4.44. The molecule has 0 amide bonds. The molecule has 1 aliphatic carbocycles. The number of sulfonamides is 1. The van der Waals surface area contributed by atoms with Crippen LogP contribution >= 0.6 is 0 Å². The third-order valence-electron chi connectivity index (χ3n) is 4.21. The number of hydrogen-bond donors (Lipinski definition) is 1. The van der Waals surface area contributed by atoms with Gasteiger partial charge in [0, 0.05) is 19.7 Å². The Morgan fingerprint density at radius 2 is 1.82 bits per heavy atom. The van der Waals surface area contributed by atoms with Crippen molar-refractivity contribution in [2.75, 3.05) is 25.4 Å². The Morgan fingerprint density at radius 3 is 2.53 bits per heavy atom. The molecule has 17 heavy (non-hydrogen) atoms. The van der Waals surface area contributed by atoms with Crippen molar-refractivity contribution in [2.45, 2.75) is 38.5 Å². The zero-order chi connectivity index (χ0) is 12.3. The minimum atomic E-state index is -3.12. The van der Waals surface area contributed by atoms with Crippen LogP contribution in [0.3, 0.4) is 0 Å². The summed E-state index contributed by atoms with van der Waals surface area (Å²) in [7, 11) is -3.12. The summed E-state index contributed by atoms with van der Waals surface area (Å²) in [5, 5.41) is 8.73. The van der Waals surface area contributed by atoms with Crippen molar-refractivity contribution < 1.29 is 13.5 Å². The van der Waals surface area contributed by atoms with E-state index in [1.807, 2.05) is 0 Å². The molecule has 0 radical (unpaired) electrons. The Labute approximate surface area is 104 Å². The molecule has 2 fully saturated rings. The molecule has 2 rings (SSSR count). The summed E-state index contributed by atoms with van der Waals surface area (Å²) in [4.78, 5) is 0. The molecule has 1 aliphatic heterocycles. The maximum atomic E-state index is 12.0. The fraction of sp³-hybridized carbons (Fsp3) is 1.00. The van der Waals surface area contributed by atoms with E-state index >= 15 is 0 Å². The molecule has 1 saturated carbocycles. The third kappa shape index (κ3) is 3.20. The van der Waals surface area contributed by atoms with Crippen molar-refractivity contribution in [1.29, 1.82) is 0 Å². The lowest BCUT2D eigenvalue weighted by Gasteiger charge is -2.40. The van der Waals surface area contributed by atoms with E-state index < -0.39 is 10.0 Å². The first-order valence-electron chi connectivity index (χ1n) is 6.72. The molecular weight excluding hydrogens is 238 g/mol. The fourth-order valence-electron chi connectivity index (χ4n) is 3.20. The molecule has 0 aromatic heterocycles. The topological polar surface area (TPSA) is 57.6 Å². The average Bonchev–Trinajstić information content (AvgIpc) is 2.36. The third-order valence-corrected chi connectivity index (χ3v) is 6.13. The van der Waals surface area contributed by atoms with E-state index in [0.29, 0.717) is 18.9 Å². The second kappa shape index (κ2) is 5.67. The van der Waals surface area contributed by atoms with Gasteiger partial charge in [0.05, 0.1) is 5.75 Å². The van der Waals surface area contributed by atoms with Gasteiger partial charge in [-0.1, -0.05) is 19.3 Å². The fourth-order valence-corrected chi connectivity index (χ4v) is 4.75. The molecule has 0 bridgehead atoms. The van der Waals surface area contributed by atoms with E-state index in [9.17, 15) is 8.42 Å². The molecule has 1 N–H and O–H groups in total. The largest absolute Gasteiger partial charge is 0.396 e. The molecule has 1 heterocycles. The highest BCUT2D eigenvalue weighted by Gasteiger charge is 2.35. The van der Waals surface area contributed by atoms with E-state index in [1.165, 1.54) is 25.7 Å². The minimum Gasteiger partial charge on any atom is -0.396 e. The van der Waals surface area contributed by atoms with E-state index in [1.54, 1.807) is 4.31 Å². The van der Waals surface area contributed by atoms with Gasteiger partial charge in [0.15, 0.2) is 0 Å². The van der Waals surface area contributed by atoms with Crippen molar-refractivity contribution in [3.8, 4) is 0 Å². The molecule has 4 nitrogen and oxygen atoms in total. The van der Waals surface area contributed by atoms with Crippen LogP contribution in [-0.2, 0) is 10.0 Å². The first kappa shape index (κ1) is 13.3. The highest BCUT2D eigenvalue weighted by atomic mass is 32.2. The Bertz CT molecular complexity index is 342. The van der Waals surface area contributed by atoms with Gasteiger partial charge in [-0.3, -0.25) is 0 Å². The van der Waals surface area contributed by atoms with E-state index in [2.05, 4.69) is 0 Å². The number of rotatable bonds is 4. The highest BCUT2D eigenvalue weighted by Crippen LogP contribution is 2.36. The Hall–Kier alpha value is -0.130. The van der Waals surface area contributed by atoms with Gasteiger partial charge in [0.1, 0.15) is 0 Å². The van der Waals surface area contributed by atoms with Gasteiger partial charge < -0.3 is 5.11 Å². The molecule has 0 aromatic rings. The second-order valence-electron chi connectivity index (χ2n) is 5.34. The summed E-state index contributed by atoms with van der Waals surface area (Å²) in [6, 6.07) is 0. The highest BCUT2D eigenvalue weighted by molar-refractivity contribution is 7.89. The number of fused-ring (bicyclic) bond motifs is 1. The summed E-state index contributed by atoms with van der Waals surface area (Å²) in [5.74, 6) is 1.44. The van der Waals surface area contributed by atoms with Crippen LogP contribution in [0.15, 0.2) is 0 Å². The SMILES string of the molecule is O=S(=O)(CCCO)N1CCC2CCCCC2C1. The van der Waals surface area contributed by atoms with Gasteiger partial charge >= 0.3 is 0 Å². The first-order valence-corrected chi connectivity index (χ1v) is 8.33. The molecule has 2 aliphatic rings. The van der Waals surface area contributed by atoms with Crippen LogP contribution in [-0.4, -0.2) is 43.3 Å². The van der Waals surface area contributed by atoms with Gasteiger partial charge in [-0.05, 0) is 31.1 Å². The maximum Gasteiger partial charge on any atom is 0.214 e. The van der Waals surface area contributed by atoms with Crippen LogP contribution in [0.1, 0.15) is 38.5 Å². The van der Waals surface area contributed by atoms with Crippen molar-refractivity contribution in [2.24, 2.45) is 11.8 Å². The van der Waals surface area contributed by atoms with Crippen LogP contribution in [0, 0.1) is 11.8 Å². The molecular formula is C12H23NO3S. The van der Waals surface area contributed by atoms with E-state index in [4.69, 9.17) is 5.11 Å². The van der Waals surface area contributed by atoms with Crippen LogP contribution in [0.25, 0.3) is 0 Å². The maximum absolute atomic E-state index is 12.0. The van der Waals surface area contributed by atoms with Crippen molar-refractivity contribution in [3.05, 3.63) is 0 Å². The van der Waals surface area contributed by atoms with Gasteiger partial charge in [-0.25, -0.2) is 12.7 Å². The average molecular weight is 261 g/mol. The van der Waals surface area contributed by atoms with Crippen molar-refractivity contribution >= 4 is 10.0 Å². The Morgan fingerprint density at radius 1 is 1.12 bits per heavy atom. The van der Waals surface area contributed by atoms with Crippen LogP contribution in [0.5, 0.6) is 0 Å². The quantitative estimate of drug-likeness (QED) is 0.827. The number of hydrogen-bond acceptors (Lipinski definition) is 3. The first-order chi connectivity index (χ1) is 8.13. The lowest BCUT2D eigenvalue weighted by atomic mass is 9.76. The molecule has 0 aromatic carbocycles. The molecule has 2 unspecified atom stereocenters. The van der Waals surface area contributed by atoms with E-state index in [0.717, 1.165) is 18.9 Å². The molecule has 1 saturated heterocycles. The van der Waals surface area contributed by atoms with Crippen LogP contribution in [0.4, 0.5) is 0 Å². The number of nitrogens with zero attached hydrogens (tertiary/aromatic N) is 1. The molecule has 2 atom stereocenters. The van der Waals surface area contributed by atoms with Crippen molar-refractivity contribution in [3.63, 3.8) is 0 Å². The monoisotopic (exact) mass is 261 g/mol. The lowest BCUT2D eigenvalue weighted by molar-refractivity contribution is 0.136. The van der Waals surface area contributed by atoms with Gasteiger partial charge in [0.25, 0.3) is 0 Å². The van der Waals surface area contributed by atoms with Gasteiger partial charge in [-0.15, -0.1) is 0 Å². The summed E-state index contributed by atoms with van der Waals surface area (Å²) in [6.45, 7) is 1.37. The van der Waals surface area contributed by atoms with E-state index in [-0.39, 0.29) is 12.4 Å². The summed E-state index contributed by atoms with van der Waals surface area (Å²) in [5.41, 5.74) is 0. The minimum absolute atomic E-state index is 0.0425. The van der Waals surface area contributed by atoms with Gasteiger partial charge in [0.2, 0.25) is 10.0 Å². The standard InChI is InChI=1S/C12H23NO3S/c14-8-3-9-17(15,16)13-7-6-11-4-1-2-5-12(11)10-13/h11-12,14H,1-10H2. The second-order valence-corrected chi connectivity index (χ2v) is 7.43.